The molecule has 5 heteroatoms. The molecule has 0 bridgehead atoms. The van der Waals surface area contributed by atoms with Crippen LogP contribution in [0.5, 0.6) is 0 Å². The number of carbonyl (C=O) groups excluding carboxylic acids is 1. The van der Waals surface area contributed by atoms with Crippen molar-refractivity contribution < 1.29 is 9.53 Å². The molecule has 17 heavy (non-hydrogen) atoms. The van der Waals surface area contributed by atoms with E-state index in [0.29, 0.717) is 24.0 Å². The van der Waals surface area contributed by atoms with Crippen LogP contribution in [0.4, 0.5) is 0 Å². The van der Waals surface area contributed by atoms with E-state index in [1.165, 1.54) is 12.4 Å². The first kappa shape index (κ1) is 12.1. The van der Waals surface area contributed by atoms with Gasteiger partial charge < -0.3 is 4.74 Å². The molecule has 1 aromatic rings. The summed E-state index contributed by atoms with van der Waals surface area (Å²) in [6.07, 6.45) is 3.72. The molecule has 1 unspecified atom stereocenters. The van der Waals surface area contributed by atoms with Crippen LogP contribution in [-0.4, -0.2) is 46.9 Å². The Hall–Kier alpha value is -1.33. The van der Waals surface area contributed by atoms with E-state index in [9.17, 15) is 4.79 Å². The minimum absolute atomic E-state index is 0.0909. The number of hydrogen-bond donors (Lipinski definition) is 0. The Morgan fingerprint density at radius 3 is 2.76 bits per heavy atom. The highest BCUT2D eigenvalue weighted by Crippen LogP contribution is 2.20. The third-order valence-corrected chi connectivity index (χ3v) is 2.94. The topological polar surface area (TPSA) is 55.3 Å². The average molecular weight is 235 g/mol. The second-order valence-corrected chi connectivity index (χ2v) is 4.44. The summed E-state index contributed by atoms with van der Waals surface area (Å²) in [7, 11) is 0. The molecule has 0 spiro atoms. The number of hydrogen-bond acceptors (Lipinski definition) is 5. The van der Waals surface area contributed by atoms with Crippen LogP contribution < -0.4 is 0 Å². The highest BCUT2D eigenvalue weighted by Gasteiger charge is 2.25. The van der Waals surface area contributed by atoms with Crippen molar-refractivity contribution in [3.63, 3.8) is 0 Å². The fraction of sp³-hybridized carbons (Fsp3) is 0.583. The lowest BCUT2D eigenvalue weighted by atomic mass is 10.2. The summed E-state index contributed by atoms with van der Waals surface area (Å²) < 4.78 is 5.66. The van der Waals surface area contributed by atoms with Gasteiger partial charge in [-0.3, -0.25) is 9.69 Å². The predicted molar refractivity (Wildman–Crippen MR) is 62.8 cm³/mol. The SMILES string of the molecule is CC(C)N1CCOC(c2ncc(C=O)cn2)C1. The summed E-state index contributed by atoms with van der Waals surface area (Å²) in [6.45, 7) is 6.78. The number of aromatic nitrogens is 2. The second-order valence-electron chi connectivity index (χ2n) is 4.44. The van der Waals surface area contributed by atoms with Gasteiger partial charge in [-0.1, -0.05) is 0 Å². The number of rotatable bonds is 3. The number of nitrogens with zero attached hydrogens (tertiary/aromatic N) is 3. The molecular weight excluding hydrogens is 218 g/mol. The molecule has 0 N–H and O–H groups in total. The van der Waals surface area contributed by atoms with E-state index < -0.39 is 0 Å². The van der Waals surface area contributed by atoms with Crippen molar-refractivity contribution in [3.8, 4) is 0 Å². The first-order valence-electron chi connectivity index (χ1n) is 5.83. The standard InChI is InChI=1S/C12H17N3O2/c1-9(2)15-3-4-17-11(7-15)12-13-5-10(8-16)6-14-12/h5-6,8-9,11H,3-4,7H2,1-2H3. The average Bonchev–Trinajstić information content (AvgIpc) is 2.39. The van der Waals surface area contributed by atoms with Crippen LogP contribution in [0.1, 0.15) is 36.1 Å². The van der Waals surface area contributed by atoms with Crippen molar-refractivity contribution in [2.45, 2.75) is 26.0 Å². The highest BCUT2D eigenvalue weighted by molar-refractivity contribution is 5.73. The van der Waals surface area contributed by atoms with E-state index >= 15 is 0 Å². The van der Waals surface area contributed by atoms with E-state index in [-0.39, 0.29) is 6.10 Å². The van der Waals surface area contributed by atoms with Crippen LogP contribution in [0, 0.1) is 0 Å². The minimum Gasteiger partial charge on any atom is -0.368 e. The van der Waals surface area contributed by atoms with Gasteiger partial charge in [-0.25, -0.2) is 9.97 Å². The molecule has 0 saturated carbocycles. The van der Waals surface area contributed by atoms with Crippen molar-refractivity contribution in [1.29, 1.82) is 0 Å². The van der Waals surface area contributed by atoms with Crippen molar-refractivity contribution in [3.05, 3.63) is 23.8 Å². The molecule has 1 aliphatic rings. The van der Waals surface area contributed by atoms with Gasteiger partial charge in [-0.2, -0.15) is 0 Å². The quantitative estimate of drug-likeness (QED) is 0.733. The Morgan fingerprint density at radius 2 is 2.18 bits per heavy atom. The Labute approximate surface area is 101 Å². The fourth-order valence-electron chi connectivity index (χ4n) is 1.87. The Bertz CT molecular complexity index is 378. The van der Waals surface area contributed by atoms with Gasteiger partial charge in [0.05, 0.1) is 12.2 Å². The van der Waals surface area contributed by atoms with Crippen molar-refractivity contribution in [1.82, 2.24) is 14.9 Å². The smallest absolute Gasteiger partial charge is 0.158 e. The molecule has 1 aliphatic heterocycles. The van der Waals surface area contributed by atoms with E-state index in [4.69, 9.17) is 4.74 Å². The first-order valence-corrected chi connectivity index (χ1v) is 5.83. The first-order chi connectivity index (χ1) is 8.20. The molecule has 0 radical (unpaired) electrons. The van der Waals surface area contributed by atoms with Crippen LogP contribution in [0.15, 0.2) is 12.4 Å². The minimum atomic E-state index is -0.0909. The van der Waals surface area contributed by atoms with E-state index in [1.54, 1.807) is 0 Å². The second kappa shape index (κ2) is 5.33. The predicted octanol–water partition coefficient (Wildman–Crippen LogP) is 1.07. The van der Waals surface area contributed by atoms with Gasteiger partial charge in [0.2, 0.25) is 0 Å². The van der Waals surface area contributed by atoms with Crippen LogP contribution in [-0.2, 0) is 4.74 Å². The maximum absolute atomic E-state index is 10.5. The molecule has 5 nitrogen and oxygen atoms in total. The molecule has 2 rings (SSSR count). The Balaban J connectivity index is 2.07. The maximum atomic E-state index is 10.5. The van der Waals surface area contributed by atoms with Gasteiger partial charge in [0.25, 0.3) is 0 Å². The van der Waals surface area contributed by atoms with Crippen molar-refractivity contribution in [2.24, 2.45) is 0 Å². The summed E-state index contributed by atoms with van der Waals surface area (Å²) in [5.41, 5.74) is 0.491. The summed E-state index contributed by atoms with van der Waals surface area (Å²) in [6, 6.07) is 0.496. The molecule has 1 atom stereocenters. The molecule has 1 fully saturated rings. The lowest BCUT2D eigenvalue weighted by molar-refractivity contribution is -0.0443. The largest absolute Gasteiger partial charge is 0.368 e. The Kier molecular flexibility index (Phi) is 3.81. The summed E-state index contributed by atoms with van der Waals surface area (Å²) in [5, 5.41) is 0. The monoisotopic (exact) mass is 235 g/mol. The highest BCUT2D eigenvalue weighted by atomic mass is 16.5. The van der Waals surface area contributed by atoms with Gasteiger partial charge in [-0.05, 0) is 13.8 Å². The number of morpholine rings is 1. The number of ether oxygens (including phenoxy) is 1. The summed E-state index contributed by atoms with van der Waals surface area (Å²) in [5.74, 6) is 0.654. The van der Waals surface area contributed by atoms with Crippen molar-refractivity contribution >= 4 is 6.29 Å². The van der Waals surface area contributed by atoms with E-state index in [2.05, 4.69) is 28.7 Å². The van der Waals surface area contributed by atoms with Gasteiger partial charge in [-0.15, -0.1) is 0 Å². The lowest BCUT2D eigenvalue weighted by Crippen LogP contribution is -2.42. The van der Waals surface area contributed by atoms with Crippen molar-refractivity contribution in [2.75, 3.05) is 19.7 Å². The zero-order chi connectivity index (χ0) is 12.3. The van der Waals surface area contributed by atoms with Crippen LogP contribution in [0.25, 0.3) is 0 Å². The van der Waals surface area contributed by atoms with Gasteiger partial charge in [0.15, 0.2) is 12.1 Å². The normalized spacial score (nSPS) is 21.7. The summed E-state index contributed by atoms with van der Waals surface area (Å²) >= 11 is 0. The van der Waals surface area contributed by atoms with Crippen LogP contribution >= 0.6 is 0 Å². The molecule has 92 valence electrons. The third-order valence-electron chi connectivity index (χ3n) is 2.94. The van der Waals surface area contributed by atoms with E-state index in [1.807, 2.05) is 0 Å². The Morgan fingerprint density at radius 1 is 1.47 bits per heavy atom. The fourth-order valence-corrected chi connectivity index (χ4v) is 1.87. The molecule has 0 aromatic carbocycles. The maximum Gasteiger partial charge on any atom is 0.158 e. The molecule has 0 aliphatic carbocycles. The molecule has 1 saturated heterocycles. The zero-order valence-electron chi connectivity index (χ0n) is 10.2. The lowest BCUT2D eigenvalue weighted by Gasteiger charge is -2.34. The van der Waals surface area contributed by atoms with Gasteiger partial charge in [0.1, 0.15) is 6.10 Å². The number of aldehydes is 1. The summed E-state index contributed by atoms with van der Waals surface area (Å²) in [4.78, 5) is 21.2. The number of carbonyl (C=O) groups is 1. The van der Waals surface area contributed by atoms with E-state index in [0.717, 1.165) is 19.4 Å². The van der Waals surface area contributed by atoms with Gasteiger partial charge in [0, 0.05) is 31.5 Å². The zero-order valence-corrected chi connectivity index (χ0v) is 10.2. The van der Waals surface area contributed by atoms with Gasteiger partial charge >= 0.3 is 0 Å². The third kappa shape index (κ3) is 2.87. The molecule has 2 heterocycles. The molecule has 1 aromatic heterocycles. The molecule has 0 amide bonds. The molecular formula is C12H17N3O2. The van der Waals surface area contributed by atoms with Crippen LogP contribution in [0.3, 0.4) is 0 Å². The van der Waals surface area contributed by atoms with Crippen LogP contribution in [0.2, 0.25) is 0 Å².